The number of carbonyl (C=O) groups excluding carboxylic acids is 1. The molecule has 3 N–H and O–H groups in total. The van der Waals surface area contributed by atoms with Crippen molar-refractivity contribution >= 4 is 33.2 Å². The minimum atomic E-state index is -0.567. The number of carbonyl (C=O) groups is 1. The van der Waals surface area contributed by atoms with Crippen LogP contribution in [0.15, 0.2) is 34.8 Å². The largest absolute Gasteiger partial charge is 0.399 e. The maximum atomic E-state index is 13.8. The van der Waals surface area contributed by atoms with E-state index in [1.807, 2.05) is 13.8 Å². The van der Waals surface area contributed by atoms with E-state index in [-0.39, 0.29) is 5.56 Å². The van der Waals surface area contributed by atoms with Crippen LogP contribution in [-0.2, 0) is 0 Å². The SMILES string of the molecule is Cc1cc(N)cc(C)c1NC(=O)c1ccc(Br)cc1F. The summed E-state index contributed by atoms with van der Waals surface area (Å²) in [6.45, 7) is 3.69. The van der Waals surface area contributed by atoms with Crippen molar-refractivity contribution in [2.75, 3.05) is 11.1 Å². The molecule has 2 aromatic rings. The molecular weight excluding hydrogens is 323 g/mol. The minimum Gasteiger partial charge on any atom is -0.399 e. The molecule has 0 aromatic heterocycles. The molecule has 20 heavy (non-hydrogen) atoms. The van der Waals surface area contributed by atoms with Crippen molar-refractivity contribution in [1.82, 2.24) is 0 Å². The molecule has 0 spiro atoms. The van der Waals surface area contributed by atoms with E-state index in [1.165, 1.54) is 12.1 Å². The summed E-state index contributed by atoms with van der Waals surface area (Å²) >= 11 is 3.16. The maximum absolute atomic E-state index is 13.8. The van der Waals surface area contributed by atoms with Crippen LogP contribution in [-0.4, -0.2) is 5.91 Å². The first-order valence-corrected chi connectivity index (χ1v) is 6.81. The van der Waals surface area contributed by atoms with Gasteiger partial charge >= 0.3 is 0 Å². The lowest BCUT2D eigenvalue weighted by Crippen LogP contribution is -2.15. The van der Waals surface area contributed by atoms with Gasteiger partial charge in [0.25, 0.3) is 5.91 Å². The maximum Gasteiger partial charge on any atom is 0.258 e. The first kappa shape index (κ1) is 14.5. The Hall–Kier alpha value is -1.88. The predicted molar refractivity (Wildman–Crippen MR) is 82.4 cm³/mol. The smallest absolute Gasteiger partial charge is 0.258 e. The van der Waals surface area contributed by atoms with Gasteiger partial charge in [-0.3, -0.25) is 4.79 Å². The molecule has 0 saturated heterocycles. The van der Waals surface area contributed by atoms with Crippen molar-refractivity contribution in [3.05, 3.63) is 57.3 Å². The Morgan fingerprint density at radius 1 is 1.20 bits per heavy atom. The molecular formula is C15H14BrFN2O. The number of amides is 1. The average molecular weight is 337 g/mol. The number of nitrogen functional groups attached to an aromatic ring is 1. The molecule has 2 aromatic carbocycles. The third-order valence-corrected chi connectivity index (χ3v) is 3.46. The molecule has 0 aliphatic carbocycles. The van der Waals surface area contributed by atoms with Crippen molar-refractivity contribution in [3.63, 3.8) is 0 Å². The highest BCUT2D eigenvalue weighted by Gasteiger charge is 2.14. The van der Waals surface area contributed by atoms with E-state index in [1.54, 1.807) is 18.2 Å². The van der Waals surface area contributed by atoms with Gasteiger partial charge in [-0.15, -0.1) is 0 Å². The summed E-state index contributed by atoms with van der Waals surface area (Å²) in [4.78, 5) is 12.1. The minimum absolute atomic E-state index is 0.00354. The normalized spacial score (nSPS) is 10.4. The number of hydrogen-bond acceptors (Lipinski definition) is 2. The molecule has 0 aliphatic heterocycles. The van der Waals surface area contributed by atoms with Gasteiger partial charge in [0.1, 0.15) is 5.82 Å². The molecule has 104 valence electrons. The lowest BCUT2D eigenvalue weighted by Gasteiger charge is -2.13. The molecule has 5 heteroatoms. The monoisotopic (exact) mass is 336 g/mol. The number of halogens is 2. The van der Waals surface area contributed by atoms with Crippen LogP contribution in [0.3, 0.4) is 0 Å². The quantitative estimate of drug-likeness (QED) is 0.813. The highest BCUT2D eigenvalue weighted by molar-refractivity contribution is 9.10. The molecule has 0 aliphatic rings. The zero-order chi connectivity index (χ0) is 14.9. The molecule has 1 amide bonds. The molecule has 0 atom stereocenters. The Morgan fingerprint density at radius 3 is 2.35 bits per heavy atom. The lowest BCUT2D eigenvalue weighted by molar-refractivity contribution is 0.102. The van der Waals surface area contributed by atoms with Crippen molar-refractivity contribution in [2.45, 2.75) is 13.8 Å². The Labute approximate surface area is 125 Å². The molecule has 0 unspecified atom stereocenters. The van der Waals surface area contributed by atoms with Gasteiger partial charge in [-0.05, 0) is 55.3 Å². The van der Waals surface area contributed by atoms with Crippen LogP contribution in [0.1, 0.15) is 21.5 Å². The Balaban J connectivity index is 2.33. The number of rotatable bonds is 2. The van der Waals surface area contributed by atoms with Gasteiger partial charge in [0, 0.05) is 15.8 Å². The molecule has 0 heterocycles. The summed E-state index contributed by atoms with van der Waals surface area (Å²) in [5.41, 5.74) is 8.71. The number of benzene rings is 2. The second-order valence-electron chi connectivity index (χ2n) is 4.61. The summed E-state index contributed by atoms with van der Waals surface area (Å²) in [7, 11) is 0. The molecule has 0 fully saturated rings. The van der Waals surface area contributed by atoms with E-state index in [0.717, 1.165) is 11.1 Å². The second kappa shape index (κ2) is 5.63. The van der Waals surface area contributed by atoms with Gasteiger partial charge < -0.3 is 11.1 Å². The van der Waals surface area contributed by atoms with Crippen LogP contribution in [0, 0.1) is 19.7 Å². The van der Waals surface area contributed by atoms with E-state index in [9.17, 15) is 9.18 Å². The highest BCUT2D eigenvalue weighted by Crippen LogP contribution is 2.24. The van der Waals surface area contributed by atoms with Gasteiger partial charge in [0.2, 0.25) is 0 Å². The summed E-state index contributed by atoms with van der Waals surface area (Å²) in [5.74, 6) is -1.05. The standard InChI is InChI=1S/C15H14BrFN2O/c1-8-5-11(18)6-9(2)14(8)19-15(20)12-4-3-10(16)7-13(12)17/h3-7H,18H2,1-2H3,(H,19,20). The Kier molecular flexibility index (Phi) is 4.09. The van der Waals surface area contributed by atoms with Crippen molar-refractivity contribution < 1.29 is 9.18 Å². The van der Waals surface area contributed by atoms with Crippen molar-refractivity contribution in [3.8, 4) is 0 Å². The molecule has 0 bridgehead atoms. The molecule has 0 saturated carbocycles. The van der Waals surface area contributed by atoms with E-state index in [0.29, 0.717) is 15.8 Å². The molecule has 2 rings (SSSR count). The highest BCUT2D eigenvalue weighted by atomic mass is 79.9. The topological polar surface area (TPSA) is 55.1 Å². The van der Waals surface area contributed by atoms with Crippen LogP contribution in [0.25, 0.3) is 0 Å². The van der Waals surface area contributed by atoms with Gasteiger partial charge in [-0.25, -0.2) is 4.39 Å². The zero-order valence-electron chi connectivity index (χ0n) is 11.1. The van der Waals surface area contributed by atoms with Gasteiger partial charge in [-0.1, -0.05) is 15.9 Å². The van der Waals surface area contributed by atoms with Crippen LogP contribution in [0.2, 0.25) is 0 Å². The Bertz CT molecular complexity index is 663. The summed E-state index contributed by atoms with van der Waals surface area (Å²) in [6, 6.07) is 7.86. The Morgan fingerprint density at radius 2 is 1.80 bits per heavy atom. The van der Waals surface area contributed by atoms with Crippen LogP contribution in [0.5, 0.6) is 0 Å². The average Bonchev–Trinajstić information content (AvgIpc) is 2.33. The second-order valence-corrected chi connectivity index (χ2v) is 5.52. The number of hydrogen-bond donors (Lipinski definition) is 2. The third-order valence-electron chi connectivity index (χ3n) is 2.97. The van der Waals surface area contributed by atoms with Crippen molar-refractivity contribution in [1.29, 1.82) is 0 Å². The first-order valence-electron chi connectivity index (χ1n) is 6.01. The molecule has 3 nitrogen and oxygen atoms in total. The summed E-state index contributed by atoms with van der Waals surface area (Å²) in [6.07, 6.45) is 0. The first-order chi connectivity index (χ1) is 9.38. The number of aryl methyl sites for hydroxylation is 2. The fourth-order valence-corrected chi connectivity index (χ4v) is 2.38. The fraction of sp³-hybridized carbons (Fsp3) is 0.133. The van der Waals surface area contributed by atoms with Gasteiger partial charge in [-0.2, -0.15) is 0 Å². The van der Waals surface area contributed by atoms with Crippen molar-refractivity contribution in [2.24, 2.45) is 0 Å². The van der Waals surface area contributed by atoms with Gasteiger partial charge in [0.15, 0.2) is 0 Å². The fourth-order valence-electron chi connectivity index (χ4n) is 2.05. The van der Waals surface area contributed by atoms with Crippen LogP contribution < -0.4 is 11.1 Å². The predicted octanol–water partition coefficient (Wildman–Crippen LogP) is 4.04. The number of nitrogens with one attached hydrogen (secondary N) is 1. The molecule has 0 radical (unpaired) electrons. The van der Waals surface area contributed by atoms with E-state index >= 15 is 0 Å². The van der Waals surface area contributed by atoms with E-state index in [4.69, 9.17) is 5.73 Å². The summed E-state index contributed by atoms with van der Waals surface area (Å²) in [5, 5.41) is 2.73. The number of nitrogens with two attached hydrogens (primary N) is 1. The van der Waals surface area contributed by atoms with Crippen LogP contribution in [0.4, 0.5) is 15.8 Å². The number of anilines is 2. The van der Waals surface area contributed by atoms with Gasteiger partial charge in [0.05, 0.1) is 5.56 Å². The zero-order valence-corrected chi connectivity index (χ0v) is 12.7. The summed E-state index contributed by atoms with van der Waals surface area (Å²) < 4.78 is 14.3. The van der Waals surface area contributed by atoms with E-state index < -0.39 is 11.7 Å². The van der Waals surface area contributed by atoms with E-state index in [2.05, 4.69) is 21.2 Å². The van der Waals surface area contributed by atoms with Crippen LogP contribution >= 0.6 is 15.9 Å². The lowest BCUT2D eigenvalue weighted by atomic mass is 10.1. The third kappa shape index (κ3) is 2.99.